The lowest BCUT2D eigenvalue weighted by molar-refractivity contribution is 0.0522. The Hall–Kier alpha value is -0.970. The fraction of sp³-hybridized carbons (Fsp3) is 0.684. The first kappa shape index (κ1) is 16.9. The summed E-state index contributed by atoms with van der Waals surface area (Å²) in [5.74, 6) is 0.482. The second-order valence-corrected chi connectivity index (χ2v) is 7.61. The van der Waals surface area contributed by atoms with Gasteiger partial charge in [-0.25, -0.2) is 4.39 Å². The summed E-state index contributed by atoms with van der Waals surface area (Å²) in [5.41, 5.74) is 1.18. The van der Waals surface area contributed by atoms with Crippen molar-refractivity contribution < 1.29 is 9.13 Å². The molecule has 3 atom stereocenters. The number of halogens is 1. The Balaban J connectivity index is 1.58. The molecule has 3 nitrogen and oxygen atoms in total. The smallest absolute Gasteiger partial charge is 0.123 e. The molecule has 1 saturated carbocycles. The molecule has 0 bridgehead atoms. The van der Waals surface area contributed by atoms with E-state index in [2.05, 4.69) is 24.5 Å². The van der Waals surface area contributed by atoms with Gasteiger partial charge in [-0.3, -0.25) is 0 Å². The van der Waals surface area contributed by atoms with Gasteiger partial charge in [-0.2, -0.15) is 0 Å². The number of rotatable bonds is 5. The lowest BCUT2D eigenvalue weighted by Gasteiger charge is -2.35. The van der Waals surface area contributed by atoms with E-state index in [0.29, 0.717) is 18.0 Å². The molecule has 2 N–H and O–H groups in total. The number of ether oxygens (including phenoxy) is 1. The zero-order valence-electron chi connectivity index (χ0n) is 14.3. The summed E-state index contributed by atoms with van der Waals surface area (Å²) in [6.45, 7) is 7.99. The Morgan fingerprint density at radius 3 is 2.74 bits per heavy atom. The third-order valence-corrected chi connectivity index (χ3v) is 5.47. The van der Waals surface area contributed by atoms with Gasteiger partial charge in [0.05, 0.1) is 13.2 Å². The highest BCUT2D eigenvalue weighted by atomic mass is 19.1. The molecule has 128 valence electrons. The average molecular weight is 320 g/mol. The maximum Gasteiger partial charge on any atom is 0.123 e. The molecule has 1 aromatic carbocycles. The summed E-state index contributed by atoms with van der Waals surface area (Å²) >= 11 is 0. The standard InChI is InChI=1S/C19H29FN2O/c1-19(2,14-6-8-15(20)9-7-14)13-22-17-5-3-4-16(17)18-12-23-11-10-21-18/h6-9,16-18,21-22H,3-5,10-13H2,1-2H3. The maximum atomic E-state index is 13.1. The van der Waals surface area contributed by atoms with Crippen molar-refractivity contribution in [3.05, 3.63) is 35.6 Å². The van der Waals surface area contributed by atoms with E-state index < -0.39 is 0 Å². The predicted molar refractivity (Wildman–Crippen MR) is 91.2 cm³/mol. The molecule has 1 heterocycles. The first-order valence-electron chi connectivity index (χ1n) is 8.87. The second kappa shape index (κ2) is 7.29. The molecule has 4 heteroatoms. The summed E-state index contributed by atoms with van der Waals surface area (Å²) in [6.07, 6.45) is 3.80. The first-order chi connectivity index (χ1) is 11.1. The van der Waals surface area contributed by atoms with Gasteiger partial charge in [0.25, 0.3) is 0 Å². The SMILES string of the molecule is CC(C)(CNC1CCCC1C1COCCN1)c1ccc(F)cc1. The van der Waals surface area contributed by atoms with Crippen LogP contribution < -0.4 is 10.6 Å². The van der Waals surface area contributed by atoms with Gasteiger partial charge in [0.2, 0.25) is 0 Å². The molecule has 3 unspecified atom stereocenters. The van der Waals surface area contributed by atoms with Crippen molar-refractivity contribution in [2.45, 2.75) is 50.6 Å². The van der Waals surface area contributed by atoms with Crippen LogP contribution in [0.5, 0.6) is 0 Å². The van der Waals surface area contributed by atoms with Gasteiger partial charge in [0, 0.05) is 30.6 Å². The molecular weight excluding hydrogens is 291 g/mol. The monoisotopic (exact) mass is 320 g/mol. The zero-order chi connectivity index (χ0) is 16.3. The van der Waals surface area contributed by atoms with Crippen molar-refractivity contribution >= 4 is 0 Å². The van der Waals surface area contributed by atoms with Gasteiger partial charge in [-0.05, 0) is 36.5 Å². The van der Waals surface area contributed by atoms with Gasteiger partial charge in [0.15, 0.2) is 0 Å². The maximum absolute atomic E-state index is 13.1. The minimum Gasteiger partial charge on any atom is -0.379 e. The van der Waals surface area contributed by atoms with Crippen molar-refractivity contribution in [1.29, 1.82) is 0 Å². The van der Waals surface area contributed by atoms with Crippen LogP contribution in [0.25, 0.3) is 0 Å². The van der Waals surface area contributed by atoms with E-state index in [9.17, 15) is 4.39 Å². The molecule has 0 spiro atoms. The quantitative estimate of drug-likeness (QED) is 0.875. The lowest BCUT2D eigenvalue weighted by Crippen LogP contribution is -2.52. The molecular formula is C19H29FN2O. The van der Waals surface area contributed by atoms with Gasteiger partial charge < -0.3 is 15.4 Å². The highest BCUT2D eigenvalue weighted by molar-refractivity contribution is 5.24. The molecule has 23 heavy (non-hydrogen) atoms. The van der Waals surface area contributed by atoms with Crippen molar-refractivity contribution in [3.8, 4) is 0 Å². The molecule has 1 aliphatic carbocycles. The predicted octanol–water partition coefficient (Wildman–Crippen LogP) is 2.85. The van der Waals surface area contributed by atoms with Crippen molar-refractivity contribution in [1.82, 2.24) is 10.6 Å². The van der Waals surface area contributed by atoms with Crippen LogP contribution in [0.3, 0.4) is 0 Å². The van der Waals surface area contributed by atoms with Crippen LogP contribution in [-0.2, 0) is 10.2 Å². The minimum absolute atomic E-state index is 0.00265. The Labute approximate surface area is 139 Å². The molecule has 1 aliphatic heterocycles. The summed E-state index contributed by atoms with van der Waals surface area (Å²) < 4.78 is 18.8. The van der Waals surface area contributed by atoms with Gasteiger partial charge in [-0.15, -0.1) is 0 Å². The van der Waals surface area contributed by atoms with Crippen molar-refractivity contribution in [2.75, 3.05) is 26.3 Å². The molecule has 1 saturated heterocycles. The molecule has 0 aromatic heterocycles. The normalized spacial score (nSPS) is 28.9. The Bertz CT molecular complexity index is 497. The van der Waals surface area contributed by atoms with Gasteiger partial charge in [0.1, 0.15) is 5.82 Å². The number of hydrogen-bond acceptors (Lipinski definition) is 3. The highest BCUT2D eigenvalue weighted by Crippen LogP contribution is 2.31. The van der Waals surface area contributed by atoms with Crippen LogP contribution in [0.1, 0.15) is 38.7 Å². The fourth-order valence-electron chi connectivity index (χ4n) is 3.97. The van der Waals surface area contributed by atoms with Crippen molar-refractivity contribution in [3.63, 3.8) is 0 Å². The molecule has 2 fully saturated rings. The number of benzene rings is 1. The van der Waals surface area contributed by atoms with Gasteiger partial charge >= 0.3 is 0 Å². The number of morpholine rings is 1. The topological polar surface area (TPSA) is 33.3 Å². The molecule has 1 aromatic rings. The molecule has 3 rings (SSSR count). The average Bonchev–Trinajstić information content (AvgIpc) is 3.03. The molecule has 2 aliphatic rings. The second-order valence-electron chi connectivity index (χ2n) is 7.61. The summed E-state index contributed by atoms with van der Waals surface area (Å²) in [7, 11) is 0. The van der Waals surface area contributed by atoms with E-state index in [1.54, 1.807) is 12.1 Å². The number of hydrogen-bond donors (Lipinski definition) is 2. The summed E-state index contributed by atoms with van der Waals surface area (Å²) in [6, 6.07) is 7.95. The van der Waals surface area contributed by atoms with E-state index in [-0.39, 0.29) is 11.2 Å². The lowest BCUT2D eigenvalue weighted by atomic mass is 9.84. The van der Waals surface area contributed by atoms with Crippen LogP contribution in [-0.4, -0.2) is 38.4 Å². The van der Waals surface area contributed by atoms with Gasteiger partial charge in [-0.1, -0.05) is 32.4 Å². The van der Waals surface area contributed by atoms with Crippen LogP contribution in [0, 0.1) is 11.7 Å². The van der Waals surface area contributed by atoms with E-state index in [4.69, 9.17) is 4.74 Å². The van der Waals surface area contributed by atoms with E-state index >= 15 is 0 Å². The third kappa shape index (κ3) is 4.11. The van der Waals surface area contributed by atoms with Crippen LogP contribution in [0.4, 0.5) is 4.39 Å². The van der Waals surface area contributed by atoms with Crippen LogP contribution >= 0.6 is 0 Å². The molecule has 0 radical (unpaired) electrons. The summed E-state index contributed by atoms with van der Waals surface area (Å²) in [5, 5.41) is 7.41. The molecule has 0 amide bonds. The minimum atomic E-state index is -0.170. The largest absolute Gasteiger partial charge is 0.379 e. The number of nitrogens with one attached hydrogen (secondary N) is 2. The van der Waals surface area contributed by atoms with Crippen LogP contribution in [0.2, 0.25) is 0 Å². The first-order valence-corrected chi connectivity index (χ1v) is 8.87. The van der Waals surface area contributed by atoms with Crippen molar-refractivity contribution in [2.24, 2.45) is 5.92 Å². The zero-order valence-corrected chi connectivity index (χ0v) is 14.3. The Morgan fingerprint density at radius 1 is 1.26 bits per heavy atom. The summed E-state index contributed by atoms with van der Waals surface area (Å²) in [4.78, 5) is 0. The fourth-order valence-corrected chi connectivity index (χ4v) is 3.97. The highest BCUT2D eigenvalue weighted by Gasteiger charge is 2.35. The Kier molecular flexibility index (Phi) is 5.34. The van der Waals surface area contributed by atoms with Crippen LogP contribution in [0.15, 0.2) is 24.3 Å². The van der Waals surface area contributed by atoms with E-state index in [1.807, 2.05) is 12.1 Å². The van der Waals surface area contributed by atoms with E-state index in [0.717, 1.165) is 26.3 Å². The third-order valence-electron chi connectivity index (χ3n) is 5.47. The Morgan fingerprint density at radius 2 is 2.04 bits per heavy atom. The van der Waals surface area contributed by atoms with E-state index in [1.165, 1.54) is 24.8 Å².